The van der Waals surface area contributed by atoms with Gasteiger partial charge in [-0.3, -0.25) is 4.79 Å². The normalized spacial score (nSPS) is 16.9. The molecule has 2 aromatic rings. The Kier molecular flexibility index (Phi) is 3.96. The fourth-order valence-corrected chi connectivity index (χ4v) is 4.03. The van der Waals surface area contributed by atoms with E-state index in [9.17, 15) is 14.7 Å². The van der Waals surface area contributed by atoms with Crippen LogP contribution in [0.3, 0.4) is 0 Å². The number of thiophene rings is 1. The molecule has 6 heteroatoms. The summed E-state index contributed by atoms with van der Waals surface area (Å²) < 4.78 is 0. The van der Waals surface area contributed by atoms with Crippen molar-refractivity contribution in [3.63, 3.8) is 0 Å². The number of carboxylic acid groups (broad SMARTS) is 1. The first kappa shape index (κ1) is 14.7. The summed E-state index contributed by atoms with van der Waals surface area (Å²) >= 11 is 1.34. The van der Waals surface area contributed by atoms with Crippen molar-refractivity contribution in [1.82, 2.24) is 0 Å². The molecule has 1 atom stereocenters. The van der Waals surface area contributed by atoms with Gasteiger partial charge < -0.3 is 20.1 Å². The average Bonchev–Trinajstić information content (AvgIpc) is 2.85. The van der Waals surface area contributed by atoms with Crippen LogP contribution in [0.25, 0.3) is 0 Å². The van der Waals surface area contributed by atoms with Crippen LogP contribution in [0.1, 0.15) is 31.2 Å². The van der Waals surface area contributed by atoms with Crippen molar-refractivity contribution in [2.24, 2.45) is 0 Å². The largest absolute Gasteiger partial charge is 0.545 e. The molecule has 22 heavy (non-hydrogen) atoms. The number of fused-ring (bicyclic) bond motifs is 1. The number of hydrogen-bond donors (Lipinski definition) is 2. The Morgan fingerprint density at radius 3 is 2.68 bits per heavy atom. The van der Waals surface area contributed by atoms with Crippen molar-refractivity contribution in [3.8, 4) is 0 Å². The maximum absolute atomic E-state index is 12.2. The first-order chi connectivity index (χ1) is 10.6. The number of carboxylic acids is 1. The lowest BCUT2D eigenvalue weighted by Gasteiger charge is -2.20. The van der Waals surface area contributed by atoms with Crippen LogP contribution < -0.4 is 15.3 Å². The van der Waals surface area contributed by atoms with Gasteiger partial charge in [-0.1, -0.05) is 18.2 Å². The summed E-state index contributed by atoms with van der Waals surface area (Å²) in [6, 6.07) is 8.75. The molecule has 0 saturated carbocycles. The summed E-state index contributed by atoms with van der Waals surface area (Å²) in [6.07, 6.45) is 0.697. The van der Waals surface area contributed by atoms with E-state index in [1.807, 2.05) is 6.07 Å². The van der Waals surface area contributed by atoms with Crippen molar-refractivity contribution in [2.75, 3.05) is 18.9 Å². The Bertz CT molecular complexity index is 724. The Labute approximate surface area is 132 Å². The van der Waals surface area contributed by atoms with Gasteiger partial charge in [0.05, 0.1) is 24.4 Å². The van der Waals surface area contributed by atoms with E-state index in [0.717, 1.165) is 23.5 Å². The van der Waals surface area contributed by atoms with Gasteiger partial charge in [0.2, 0.25) is 0 Å². The molecule has 1 amide bonds. The third-order valence-corrected chi connectivity index (χ3v) is 4.97. The number of anilines is 1. The van der Waals surface area contributed by atoms with E-state index in [0.29, 0.717) is 17.0 Å². The van der Waals surface area contributed by atoms with Crippen LogP contribution >= 0.6 is 11.3 Å². The summed E-state index contributed by atoms with van der Waals surface area (Å²) in [7, 11) is 2.07. The molecular formula is C16H16N2O3S. The predicted octanol–water partition coefficient (Wildman–Crippen LogP) is -0.0653. The SMILES string of the molecule is C[NH+]1CCc2c(sc(NC(=O)c3ccccc3)c2C(=O)[O-])C1. The second-order valence-corrected chi connectivity index (χ2v) is 6.55. The minimum Gasteiger partial charge on any atom is -0.545 e. The molecular weight excluding hydrogens is 300 g/mol. The number of rotatable bonds is 3. The molecule has 114 valence electrons. The minimum absolute atomic E-state index is 0.150. The van der Waals surface area contributed by atoms with Crippen LogP contribution in [0.15, 0.2) is 30.3 Å². The molecule has 2 heterocycles. The van der Waals surface area contributed by atoms with Crippen LogP contribution in [-0.2, 0) is 13.0 Å². The highest BCUT2D eigenvalue weighted by molar-refractivity contribution is 7.17. The predicted molar refractivity (Wildman–Crippen MR) is 82.2 cm³/mol. The molecule has 1 aliphatic rings. The number of nitrogens with one attached hydrogen (secondary N) is 2. The molecule has 0 saturated heterocycles. The first-order valence-corrected chi connectivity index (χ1v) is 7.91. The van der Waals surface area contributed by atoms with Crippen molar-refractivity contribution < 1.29 is 19.6 Å². The van der Waals surface area contributed by atoms with Gasteiger partial charge in [0.1, 0.15) is 11.5 Å². The maximum atomic E-state index is 12.2. The molecule has 0 spiro atoms. The molecule has 0 aliphatic carbocycles. The molecule has 1 aliphatic heterocycles. The van der Waals surface area contributed by atoms with E-state index in [2.05, 4.69) is 12.4 Å². The van der Waals surface area contributed by atoms with Gasteiger partial charge in [-0.25, -0.2) is 0 Å². The molecule has 1 aromatic heterocycles. The van der Waals surface area contributed by atoms with E-state index in [1.54, 1.807) is 24.3 Å². The zero-order chi connectivity index (χ0) is 15.7. The summed E-state index contributed by atoms with van der Waals surface area (Å²) in [6.45, 7) is 1.66. The molecule has 5 nitrogen and oxygen atoms in total. The number of quaternary nitrogens is 1. The van der Waals surface area contributed by atoms with Crippen LogP contribution in [0.2, 0.25) is 0 Å². The molecule has 2 N–H and O–H groups in total. The smallest absolute Gasteiger partial charge is 0.256 e. The maximum Gasteiger partial charge on any atom is 0.256 e. The van der Waals surface area contributed by atoms with E-state index in [1.165, 1.54) is 16.2 Å². The fourth-order valence-electron chi connectivity index (χ4n) is 2.69. The van der Waals surface area contributed by atoms with Gasteiger partial charge in [0, 0.05) is 17.5 Å². The van der Waals surface area contributed by atoms with Crippen molar-refractivity contribution in [3.05, 3.63) is 51.9 Å². The highest BCUT2D eigenvalue weighted by Gasteiger charge is 2.26. The lowest BCUT2D eigenvalue weighted by Crippen LogP contribution is -3.08. The van der Waals surface area contributed by atoms with Crippen LogP contribution in [0.4, 0.5) is 5.00 Å². The summed E-state index contributed by atoms with van der Waals surface area (Å²) in [5, 5.41) is 14.6. The van der Waals surface area contributed by atoms with E-state index < -0.39 is 5.97 Å². The fraction of sp³-hybridized carbons (Fsp3) is 0.250. The summed E-state index contributed by atoms with van der Waals surface area (Å²) in [5.74, 6) is -1.53. The molecule has 1 aromatic carbocycles. The Morgan fingerprint density at radius 1 is 1.27 bits per heavy atom. The number of hydrogen-bond acceptors (Lipinski definition) is 4. The topological polar surface area (TPSA) is 73.7 Å². The van der Waals surface area contributed by atoms with Crippen LogP contribution in [0, 0.1) is 0 Å². The number of amides is 1. The molecule has 0 bridgehead atoms. The molecule has 0 radical (unpaired) electrons. The van der Waals surface area contributed by atoms with E-state index >= 15 is 0 Å². The average molecular weight is 316 g/mol. The highest BCUT2D eigenvalue weighted by atomic mass is 32.1. The quantitative estimate of drug-likeness (QED) is 0.833. The molecule has 3 rings (SSSR count). The second-order valence-electron chi connectivity index (χ2n) is 5.45. The number of aromatic carboxylic acids is 1. The van der Waals surface area contributed by atoms with E-state index in [4.69, 9.17) is 0 Å². The zero-order valence-corrected chi connectivity index (χ0v) is 13.0. The first-order valence-electron chi connectivity index (χ1n) is 7.10. The van der Waals surface area contributed by atoms with Crippen molar-refractivity contribution in [1.29, 1.82) is 0 Å². The number of carbonyl (C=O) groups is 2. The van der Waals surface area contributed by atoms with Gasteiger partial charge in [0.25, 0.3) is 5.91 Å². The number of carbonyl (C=O) groups excluding carboxylic acids is 2. The van der Waals surface area contributed by atoms with Gasteiger partial charge in [-0.2, -0.15) is 0 Å². The summed E-state index contributed by atoms with van der Waals surface area (Å²) in [4.78, 5) is 26.1. The second kappa shape index (κ2) is 5.90. The highest BCUT2D eigenvalue weighted by Crippen LogP contribution is 2.34. The Morgan fingerprint density at radius 2 is 2.00 bits per heavy atom. The van der Waals surface area contributed by atoms with Crippen LogP contribution in [0.5, 0.6) is 0 Å². The number of likely N-dealkylation sites (N-methyl/N-ethyl adjacent to an activating group) is 1. The molecule has 0 fully saturated rings. The van der Waals surface area contributed by atoms with Gasteiger partial charge in [0.15, 0.2) is 0 Å². The van der Waals surface area contributed by atoms with Crippen LogP contribution in [-0.4, -0.2) is 25.5 Å². The standard InChI is InChI=1S/C16H16N2O3S/c1-18-8-7-11-12(9-18)22-15(13(11)16(20)21)17-14(19)10-5-3-2-4-6-10/h2-6H,7-9H2,1H3,(H,17,19)(H,20,21). The Hall–Kier alpha value is -2.18. The Balaban J connectivity index is 1.94. The lowest BCUT2D eigenvalue weighted by atomic mass is 10.0. The lowest BCUT2D eigenvalue weighted by molar-refractivity contribution is -0.895. The van der Waals surface area contributed by atoms with E-state index in [-0.39, 0.29) is 11.5 Å². The summed E-state index contributed by atoms with van der Waals surface area (Å²) in [5.41, 5.74) is 1.47. The third-order valence-electron chi connectivity index (χ3n) is 3.82. The number of benzene rings is 1. The monoisotopic (exact) mass is 316 g/mol. The molecule has 1 unspecified atom stereocenters. The van der Waals surface area contributed by atoms with Gasteiger partial charge in [-0.05, 0) is 17.7 Å². The van der Waals surface area contributed by atoms with Gasteiger partial charge >= 0.3 is 0 Å². The third kappa shape index (κ3) is 2.75. The van der Waals surface area contributed by atoms with Crippen molar-refractivity contribution in [2.45, 2.75) is 13.0 Å². The van der Waals surface area contributed by atoms with Gasteiger partial charge in [-0.15, -0.1) is 11.3 Å². The minimum atomic E-state index is -1.22. The van der Waals surface area contributed by atoms with Crippen molar-refractivity contribution >= 4 is 28.2 Å². The zero-order valence-electron chi connectivity index (χ0n) is 12.1.